The van der Waals surface area contributed by atoms with Gasteiger partial charge in [0.2, 0.25) is 0 Å². The molecule has 3 aromatic heterocycles. The van der Waals surface area contributed by atoms with E-state index in [2.05, 4.69) is 16.5 Å². The first-order valence-corrected chi connectivity index (χ1v) is 12.2. The topological polar surface area (TPSA) is 109 Å². The highest BCUT2D eigenvalue weighted by atomic mass is 15.1. The lowest BCUT2D eigenvalue weighted by Gasteiger charge is -1.98. The van der Waals surface area contributed by atoms with Gasteiger partial charge in [0, 0.05) is 38.6 Å². The Morgan fingerprint density at radius 1 is 0.500 bits per heavy atom. The molecule has 8 heteroatoms. The number of H-pyrrole nitrogens is 2. The van der Waals surface area contributed by atoms with Crippen molar-refractivity contribution in [3.05, 3.63) is 91.0 Å². The van der Waals surface area contributed by atoms with Gasteiger partial charge in [-0.25, -0.2) is 29.9 Å². The third-order valence-electron chi connectivity index (χ3n) is 6.83. The smallest absolute Gasteiger partial charge is 0.164 e. The van der Waals surface area contributed by atoms with Crippen LogP contribution in [0.4, 0.5) is 0 Å². The molecule has 0 atom stereocenters. The molecule has 2 N–H and O–H groups in total. The molecule has 0 aliphatic carbocycles. The molecule has 8 rings (SSSR count). The van der Waals surface area contributed by atoms with Crippen LogP contribution in [0.15, 0.2) is 85.4 Å². The van der Waals surface area contributed by atoms with E-state index in [4.69, 9.17) is 29.9 Å². The van der Waals surface area contributed by atoms with E-state index >= 15 is 0 Å². The van der Waals surface area contributed by atoms with Crippen molar-refractivity contribution >= 4 is 39.4 Å². The summed E-state index contributed by atoms with van der Waals surface area (Å²) in [5, 5.41) is 1.91. The fourth-order valence-electron chi connectivity index (χ4n) is 5.03. The Morgan fingerprint density at radius 3 is 1.47 bits per heavy atom. The average molecular weight is 491 g/mol. The van der Waals surface area contributed by atoms with Gasteiger partial charge in [0.15, 0.2) is 23.3 Å². The summed E-state index contributed by atoms with van der Waals surface area (Å²) >= 11 is 0. The maximum Gasteiger partial charge on any atom is 0.164 e. The van der Waals surface area contributed by atoms with Crippen molar-refractivity contribution in [1.82, 2.24) is 39.9 Å². The molecule has 0 saturated heterocycles. The van der Waals surface area contributed by atoms with Crippen LogP contribution in [0, 0.1) is 0 Å². The van der Waals surface area contributed by atoms with Crippen molar-refractivity contribution in [2.75, 3.05) is 0 Å². The lowest BCUT2D eigenvalue weighted by Crippen LogP contribution is -1.84. The molecule has 8 bridgehead atoms. The summed E-state index contributed by atoms with van der Waals surface area (Å²) in [6.07, 6.45) is 1.76. The third kappa shape index (κ3) is 3.04. The monoisotopic (exact) mass is 490 g/mol. The fraction of sp³-hybridized carbons (Fsp3) is 0. The molecule has 0 unspecified atom stereocenters. The number of nitrogens with zero attached hydrogens (tertiary/aromatic N) is 6. The SMILES string of the molecule is C=Cc1cc2nc3[nH]c(nc4nc(nc5nc(nc1[nH]2)-c1ccccc1-5)-c1ccccc1-4)c1ccccc31. The minimum atomic E-state index is 0.561. The number of benzene rings is 3. The molecule has 5 heterocycles. The van der Waals surface area contributed by atoms with E-state index in [1.165, 1.54) is 0 Å². The lowest BCUT2D eigenvalue weighted by atomic mass is 10.1. The second kappa shape index (κ2) is 7.75. The summed E-state index contributed by atoms with van der Waals surface area (Å²) in [6, 6.07) is 25.9. The van der Waals surface area contributed by atoms with Gasteiger partial charge < -0.3 is 9.97 Å². The number of aromatic nitrogens is 8. The number of hydrogen-bond acceptors (Lipinski definition) is 6. The van der Waals surface area contributed by atoms with E-state index in [0.717, 1.165) is 38.6 Å². The zero-order valence-corrected chi connectivity index (χ0v) is 20.0. The van der Waals surface area contributed by atoms with Crippen LogP contribution in [0.1, 0.15) is 5.56 Å². The summed E-state index contributed by atoms with van der Waals surface area (Å²) < 4.78 is 0. The molecule has 2 aliphatic heterocycles. The first-order chi connectivity index (χ1) is 18.7. The van der Waals surface area contributed by atoms with Gasteiger partial charge in [-0.1, -0.05) is 85.5 Å². The van der Waals surface area contributed by atoms with Crippen molar-refractivity contribution in [2.45, 2.75) is 0 Å². The Labute approximate surface area is 215 Å². The van der Waals surface area contributed by atoms with E-state index < -0.39 is 0 Å². The summed E-state index contributed by atoms with van der Waals surface area (Å²) in [5.41, 5.74) is 7.09. The van der Waals surface area contributed by atoms with E-state index in [0.29, 0.717) is 45.9 Å². The van der Waals surface area contributed by atoms with Gasteiger partial charge in [-0.15, -0.1) is 0 Å². The molecule has 8 nitrogen and oxygen atoms in total. The van der Waals surface area contributed by atoms with E-state index in [9.17, 15) is 0 Å². The summed E-state index contributed by atoms with van der Waals surface area (Å²) in [6.45, 7) is 3.97. The molecule has 0 fully saturated rings. The van der Waals surface area contributed by atoms with Crippen LogP contribution in [-0.2, 0) is 0 Å². The van der Waals surface area contributed by atoms with Crippen molar-refractivity contribution in [3.8, 4) is 45.6 Å². The predicted molar refractivity (Wildman–Crippen MR) is 149 cm³/mol. The van der Waals surface area contributed by atoms with Gasteiger partial charge in [0.05, 0.1) is 0 Å². The highest BCUT2D eigenvalue weighted by Gasteiger charge is 2.22. The molecule has 0 spiro atoms. The largest absolute Gasteiger partial charge is 0.324 e. The van der Waals surface area contributed by atoms with Gasteiger partial charge in [-0.3, -0.25) is 0 Å². The second-order valence-electron chi connectivity index (χ2n) is 9.09. The summed E-state index contributed by atoms with van der Waals surface area (Å²) in [4.78, 5) is 36.1. The first-order valence-electron chi connectivity index (χ1n) is 12.2. The van der Waals surface area contributed by atoms with Crippen LogP contribution < -0.4 is 0 Å². The van der Waals surface area contributed by atoms with E-state index in [1.807, 2.05) is 78.9 Å². The minimum Gasteiger partial charge on any atom is -0.324 e. The molecule has 0 saturated carbocycles. The van der Waals surface area contributed by atoms with Gasteiger partial charge in [-0.05, 0) is 6.07 Å². The first kappa shape index (κ1) is 20.7. The standard InChI is InChI=1S/C30H18N8/c1-2-16-15-23-31-24(16)33-26-19-11-5-6-12-20(19)28(35-26)37-30-22-14-8-7-13-21(22)29(38-30)36-27-18-10-4-3-9-17(18)25(32-23)34-27/h2-15H,1H2,(H2,31,32,33,34,35,36,37,38). The number of fused-ring (bicyclic) bond motifs is 17. The van der Waals surface area contributed by atoms with Crippen LogP contribution in [-0.4, -0.2) is 39.9 Å². The molecule has 2 aliphatic rings. The normalized spacial score (nSPS) is 11.8. The predicted octanol–water partition coefficient (Wildman–Crippen LogP) is 6.36. The molecule has 3 aromatic carbocycles. The highest BCUT2D eigenvalue weighted by molar-refractivity contribution is 6.04. The highest BCUT2D eigenvalue weighted by Crippen LogP contribution is 2.37. The van der Waals surface area contributed by atoms with Gasteiger partial charge in [0.25, 0.3) is 0 Å². The zero-order chi connectivity index (χ0) is 25.2. The number of rotatable bonds is 1. The molecule has 0 amide bonds. The summed E-state index contributed by atoms with van der Waals surface area (Å²) in [7, 11) is 0. The van der Waals surface area contributed by atoms with Crippen molar-refractivity contribution in [2.24, 2.45) is 0 Å². The lowest BCUT2D eigenvalue weighted by molar-refractivity contribution is 1.16. The Morgan fingerprint density at radius 2 is 0.947 bits per heavy atom. The minimum absolute atomic E-state index is 0.561. The maximum atomic E-state index is 4.97. The molecular formula is C30H18N8. The van der Waals surface area contributed by atoms with E-state index in [-0.39, 0.29) is 0 Å². The molecule has 0 radical (unpaired) electrons. The summed E-state index contributed by atoms with van der Waals surface area (Å²) in [5.74, 6) is 2.28. The number of aromatic amines is 2. The van der Waals surface area contributed by atoms with Crippen LogP contribution in [0.2, 0.25) is 0 Å². The molecule has 38 heavy (non-hydrogen) atoms. The van der Waals surface area contributed by atoms with Crippen molar-refractivity contribution < 1.29 is 0 Å². The Hall–Kier alpha value is -5.50. The van der Waals surface area contributed by atoms with Gasteiger partial charge >= 0.3 is 0 Å². The van der Waals surface area contributed by atoms with E-state index in [1.54, 1.807) is 6.08 Å². The van der Waals surface area contributed by atoms with Crippen molar-refractivity contribution in [3.63, 3.8) is 0 Å². The number of hydrogen-bond donors (Lipinski definition) is 2. The van der Waals surface area contributed by atoms with Crippen LogP contribution in [0.25, 0.3) is 85.0 Å². The second-order valence-corrected chi connectivity index (χ2v) is 9.09. The molecule has 178 valence electrons. The van der Waals surface area contributed by atoms with Gasteiger partial charge in [-0.2, -0.15) is 0 Å². The third-order valence-corrected chi connectivity index (χ3v) is 6.83. The maximum absolute atomic E-state index is 4.97. The zero-order valence-electron chi connectivity index (χ0n) is 20.0. The fourth-order valence-corrected chi connectivity index (χ4v) is 5.03. The average Bonchev–Trinajstić information content (AvgIpc) is 3.69. The van der Waals surface area contributed by atoms with Crippen LogP contribution in [0.5, 0.6) is 0 Å². The number of nitrogens with one attached hydrogen (secondary N) is 2. The Kier molecular flexibility index (Phi) is 4.21. The quantitative estimate of drug-likeness (QED) is 0.277. The van der Waals surface area contributed by atoms with Crippen LogP contribution >= 0.6 is 0 Å². The molecular weight excluding hydrogens is 472 g/mol. The molecule has 6 aromatic rings. The van der Waals surface area contributed by atoms with Crippen LogP contribution in [0.3, 0.4) is 0 Å². The van der Waals surface area contributed by atoms with Gasteiger partial charge in [0.1, 0.15) is 22.6 Å². The Balaban J connectivity index is 1.58. The van der Waals surface area contributed by atoms with Crippen molar-refractivity contribution in [1.29, 1.82) is 0 Å². The Bertz CT molecular complexity index is 2120.